The van der Waals surface area contributed by atoms with Crippen LogP contribution in [0.25, 0.3) is 6.08 Å². The third kappa shape index (κ3) is 4.42. The molecule has 108 valence electrons. The summed E-state index contributed by atoms with van der Waals surface area (Å²) < 4.78 is 6.14. The van der Waals surface area contributed by atoms with Gasteiger partial charge in [-0.25, -0.2) is 9.48 Å². The molecule has 5 nitrogen and oxygen atoms in total. The SMILES string of the molecule is CCOC(=O)/C=C/c1cnn(Cc2ccccc2)c(=O)c1. The standard InChI is InChI=1S/C16H16N2O3/c1-2-21-16(20)9-8-14-10-15(19)18(17-11-14)12-13-6-4-3-5-7-13/h3-11H,2,12H2,1H3/b9-8+. The summed E-state index contributed by atoms with van der Waals surface area (Å²) in [6.07, 6.45) is 4.33. The molecule has 0 radical (unpaired) electrons. The number of carbonyl (C=O) groups is 1. The van der Waals surface area contributed by atoms with Crippen LogP contribution in [0.3, 0.4) is 0 Å². The van der Waals surface area contributed by atoms with Crippen LogP contribution in [0.2, 0.25) is 0 Å². The average Bonchev–Trinajstić information content (AvgIpc) is 2.49. The highest BCUT2D eigenvalue weighted by Gasteiger charge is 2.00. The minimum atomic E-state index is -0.439. The van der Waals surface area contributed by atoms with Crippen molar-refractivity contribution in [1.29, 1.82) is 0 Å². The third-order valence-electron chi connectivity index (χ3n) is 2.76. The summed E-state index contributed by atoms with van der Waals surface area (Å²) in [7, 11) is 0. The van der Waals surface area contributed by atoms with Crippen molar-refractivity contribution in [2.45, 2.75) is 13.5 Å². The quantitative estimate of drug-likeness (QED) is 0.621. The molecule has 0 fully saturated rings. The molecule has 5 heteroatoms. The molecule has 1 aromatic heterocycles. The molecule has 0 spiro atoms. The van der Waals surface area contributed by atoms with Crippen LogP contribution in [0.1, 0.15) is 18.1 Å². The highest BCUT2D eigenvalue weighted by Crippen LogP contribution is 2.01. The van der Waals surface area contributed by atoms with Crippen molar-refractivity contribution >= 4 is 12.0 Å². The van der Waals surface area contributed by atoms with E-state index in [1.54, 1.807) is 13.1 Å². The summed E-state index contributed by atoms with van der Waals surface area (Å²) in [6.45, 7) is 2.47. The summed E-state index contributed by atoms with van der Waals surface area (Å²) in [4.78, 5) is 23.2. The number of benzene rings is 1. The van der Waals surface area contributed by atoms with Crippen molar-refractivity contribution in [2.75, 3.05) is 6.61 Å². The zero-order valence-electron chi connectivity index (χ0n) is 11.7. The van der Waals surface area contributed by atoms with Gasteiger partial charge in [-0.2, -0.15) is 5.10 Å². The van der Waals surface area contributed by atoms with E-state index in [2.05, 4.69) is 5.10 Å². The average molecular weight is 284 g/mol. The van der Waals surface area contributed by atoms with Gasteiger partial charge < -0.3 is 4.74 Å². The second kappa shape index (κ2) is 7.19. The van der Waals surface area contributed by atoms with Crippen LogP contribution in [0.4, 0.5) is 0 Å². The third-order valence-corrected chi connectivity index (χ3v) is 2.76. The van der Waals surface area contributed by atoms with Gasteiger partial charge in [0.15, 0.2) is 0 Å². The van der Waals surface area contributed by atoms with Crippen LogP contribution >= 0.6 is 0 Å². The fraction of sp³-hybridized carbons (Fsp3) is 0.188. The number of nitrogens with zero attached hydrogens (tertiary/aromatic N) is 2. The van der Waals surface area contributed by atoms with Crippen molar-refractivity contribution in [3.8, 4) is 0 Å². The van der Waals surface area contributed by atoms with Crippen LogP contribution in [-0.2, 0) is 16.1 Å². The van der Waals surface area contributed by atoms with Crippen LogP contribution in [-0.4, -0.2) is 22.4 Å². The van der Waals surface area contributed by atoms with E-state index in [0.717, 1.165) is 5.56 Å². The number of hydrogen-bond acceptors (Lipinski definition) is 4. The maximum Gasteiger partial charge on any atom is 0.330 e. The normalized spacial score (nSPS) is 10.7. The largest absolute Gasteiger partial charge is 0.463 e. The molecule has 0 aliphatic heterocycles. The van der Waals surface area contributed by atoms with Crippen LogP contribution in [0.5, 0.6) is 0 Å². The van der Waals surface area contributed by atoms with Gasteiger partial charge in [0.1, 0.15) is 0 Å². The first kappa shape index (κ1) is 14.7. The van der Waals surface area contributed by atoms with Crippen molar-refractivity contribution in [2.24, 2.45) is 0 Å². The molecule has 0 atom stereocenters. The lowest BCUT2D eigenvalue weighted by atomic mass is 10.2. The monoisotopic (exact) mass is 284 g/mol. The lowest BCUT2D eigenvalue weighted by Gasteiger charge is -2.04. The molecule has 0 amide bonds. The maximum absolute atomic E-state index is 12.0. The Labute approximate surface area is 122 Å². The molecule has 1 heterocycles. The Morgan fingerprint density at radius 1 is 1.33 bits per heavy atom. The molecule has 0 saturated carbocycles. The minimum Gasteiger partial charge on any atom is -0.463 e. The molecular formula is C16H16N2O3. The van der Waals surface area contributed by atoms with Crippen molar-refractivity contribution < 1.29 is 9.53 Å². The molecule has 1 aromatic carbocycles. The van der Waals surface area contributed by atoms with E-state index in [9.17, 15) is 9.59 Å². The van der Waals surface area contributed by atoms with Gasteiger partial charge in [0.05, 0.1) is 19.3 Å². The Bertz CT molecular complexity index is 690. The molecule has 2 aromatic rings. The fourth-order valence-corrected chi connectivity index (χ4v) is 1.77. The molecule has 0 bridgehead atoms. The second-order valence-corrected chi connectivity index (χ2v) is 4.36. The predicted molar refractivity (Wildman–Crippen MR) is 79.7 cm³/mol. The molecule has 0 unspecified atom stereocenters. The lowest BCUT2D eigenvalue weighted by molar-refractivity contribution is -0.137. The topological polar surface area (TPSA) is 61.2 Å². The van der Waals surface area contributed by atoms with E-state index < -0.39 is 5.97 Å². The Morgan fingerprint density at radius 3 is 2.76 bits per heavy atom. The summed E-state index contributed by atoms with van der Waals surface area (Å²) in [5.41, 5.74) is 1.35. The summed E-state index contributed by atoms with van der Waals surface area (Å²) in [6, 6.07) is 11.0. The van der Waals surface area contributed by atoms with Gasteiger partial charge in [-0.3, -0.25) is 4.79 Å². The Kier molecular flexibility index (Phi) is 5.04. The number of aromatic nitrogens is 2. The fourth-order valence-electron chi connectivity index (χ4n) is 1.77. The first-order chi connectivity index (χ1) is 10.2. The molecule has 0 aliphatic carbocycles. The molecule has 0 aliphatic rings. The summed E-state index contributed by atoms with van der Waals surface area (Å²) in [5.74, 6) is -0.439. The Morgan fingerprint density at radius 2 is 2.10 bits per heavy atom. The van der Waals surface area contributed by atoms with Gasteiger partial charge in [0.25, 0.3) is 5.56 Å². The summed E-state index contributed by atoms with van der Waals surface area (Å²) in [5, 5.41) is 4.10. The van der Waals surface area contributed by atoms with Gasteiger partial charge in [0.2, 0.25) is 0 Å². The van der Waals surface area contributed by atoms with Gasteiger partial charge in [-0.05, 0) is 18.6 Å². The van der Waals surface area contributed by atoms with Crippen molar-refractivity contribution in [1.82, 2.24) is 9.78 Å². The molecule has 21 heavy (non-hydrogen) atoms. The van der Waals surface area contributed by atoms with Crippen LogP contribution in [0.15, 0.2) is 53.5 Å². The van der Waals surface area contributed by atoms with Gasteiger partial charge in [-0.1, -0.05) is 30.3 Å². The Hall–Kier alpha value is -2.69. The van der Waals surface area contributed by atoms with Crippen molar-refractivity contribution in [3.63, 3.8) is 0 Å². The second-order valence-electron chi connectivity index (χ2n) is 4.36. The van der Waals surface area contributed by atoms with Crippen LogP contribution < -0.4 is 5.56 Å². The van der Waals surface area contributed by atoms with E-state index in [0.29, 0.717) is 18.7 Å². The maximum atomic E-state index is 12.0. The molecule has 0 saturated heterocycles. The van der Waals surface area contributed by atoms with E-state index in [1.807, 2.05) is 30.3 Å². The number of carbonyl (C=O) groups excluding carboxylic acids is 1. The molecule has 0 N–H and O–H groups in total. The van der Waals surface area contributed by atoms with E-state index >= 15 is 0 Å². The number of rotatable bonds is 5. The zero-order valence-corrected chi connectivity index (χ0v) is 11.7. The lowest BCUT2D eigenvalue weighted by Crippen LogP contribution is -2.22. The smallest absolute Gasteiger partial charge is 0.330 e. The van der Waals surface area contributed by atoms with E-state index in [4.69, 9.17) is 4.74 Å². The van der Waals surface area contributed by atoms with Gasteiger partial charge in [-0.15, -0.1) is 0 Å². The zero-order chi connectivity index (χ0) is 15.1. The molecule has 2 rings (SSSR count). The van der Waals surface area contributed by atoms with Gasteiger partial charge in [0, 0.05) is 17.7 Å². The summed E-state index contributed by atoms with van der Waals surface area (Å²) >= 11 is 0. The predicted octanol–water partition coefficient (Wildman–Crippen LogP) is 1.87. The Balaban J connectivity index is 2.11. The number of esters is 1. The first-order valence-corrected chi connectivity index (χ1v) is 6.65. The first-order valence-electron chi connectivity index (χ1n) is 6.65. The minimum absolute atomic E-state index is 0.218. The van der Waals surface area contributed by atoms with Crippen LogP contribution in [0, 0.1) is 0 Å². The van der Waals surface area contributed by atoms with E-state index in [1.165, 1.54) is 22.9 Å². The van der Waals surface area contributed by atoms with Gasteiger partial charge >= 0.3 is 5.97 Å². The molecular weight excluding hydrogens is 268 g/mol. The number of hydrogen-bond donors (Lipinski definition) is 0. The highest BCUT2D eigenvalue weighted by molar-refractivity contribution is 5.86. The number of ether oxygens (including phenoxy) is 1. The van der Waals surface area contributed by atoms with Crippen molar-refractivity contribution in [3.05, 3.63) is 70.2 Å². The highest BCUT2D eigenvalue weighted by atomic mass is 16.5. The van der Waals surface area contributed by atoms with E-state index in [-0.39, 0.29) is 5.56 Å².